The van der Waals surface area contributed by atoms with Crippen molar-refractivity contribution in [1.82, 2.24) is 4.98 Å². The van der Waals surface area contributed by atoms with Gasteiger partial charge < -0.3 is 5.11 Å². The van der Waals surface area contributed by atoms with Crippen LogP contribution in [-0.4, -0.2) is 16.1 Å². The van der Waals surface area contributed by atoms with E-state index in [0.717, 1.165) is 0 Å². The summed E-state index contributed by atoms with van der Waals surface area (Å²) >= 11 is 6.04. The maximum atomic E-state index is 12.6. The zero-order chi connectivity index (χ0) is 11.6. The molecule has 0 aromatic carbocycles. The van der Waals surface area contributed by atoms with Crippen LogP contribution in [0.4, 0.5) is 8.78 Å². The zero-order valence-electron chi connectivity index (χ0n) is 7.18. The number of carbonyl (C=O) groups is 1. The third kappa shape index (κ3) is 2.52. The van der Waals surface area contributed by atoms with Crippen molar-refractivity contribution in [3.63, 3.8) is 0 Å². The number of hydrogen-bond donors (Lipinski definition) is 1. The molecule has 3 nitrogen and oxygen atoms in total. The van der Waals surface area contributed by atoms with Crippen LogP contribution >= 0.6 is 31.9 Å². The quantitative estimate of drug-likeness (QED) is 0.855. The fourth-order valence-electron chi connectivity index (χ4n) is 1.01. The second-order valence-corrected chi connectivity index (χ2v) is 3.95. The van der Waals surface area contributed by atoms with E-state index in [9.17, 15) is 13.6 Å². The fourth-order valence-corrected chi connectivity index (χ4v) is 2.41. The Hall–Kier alpha value is -0.560. The maximum absolute atomic E-state index is 12.6. The van der Waals surface area contributed by atoms with Gasteiger partial charge in [-0.05, 0) is 21.5 Å². The molecule has 1 aromatic rings. The van der Waals surface area contributed by atoms with Crippen LogP contribution in [-0.2, 0) is 5.33 Å². The van der Waals surface area contributed by atoms with Crippen molar-refractivity contribution in [3.05, 3.63) is 27.5 Å². The molecule has 0 aliphatic heterocycles. The van der Waals surface area contributed by atoms with Gasteiger partial charge >= 0.3 is 5.97 Å². The molecule has 82 valence electrons. The molecule has 0 spiro atoms. The second kappa shape index (κ2) is 4.98. The summed E-state index contributed by atoms with van der Waals surface area (Å²) < 4.78 is 25.3. The van der Waals surface area contributed by atoms with Gasteiger partial charge in [-0.1, -0.05) is 15.9 Å². The molecule has 0 aliphatic rings. The van der Waals surface area contributed by atoms with Crippen molar-refractivity contribution >= 4 is 37.8 Å². The molecule has 15 heavy (non-hydrogen) atoms. The van der Waals surface area contributed by atoms with E-state index in [-0.39, 0.29) is 4.47 Å². The minimum absolute atomic E-state index is 0.0850. The van der Waals surface area contributed by atoms with E-state index in [1.165, 1.54) is 6.20 Å². The molecule has 0 aliphatic carbocycles. The number of pyridine rings is 1. The maximum Gasteiger partial charge on any atom is 0.355 e. The zero-order valence-corrected chi connectivity index (χ0v) is 10.3. The standard InChI is InChI=1S/C8H5Br2F2NO2/c9-1-3-2-13-6(8(14)15)4(5(3)10)7(11)12/h2,7H,1H2,(H,14,15). The van der Waals surface area contributed by atoms with Gasteiger partial charge in [0.05, 0.1) is 5.56 Å². The molecular formula is C8H5Br2F2NO2. The van der Waals surface area contributed by atoms with Crippen LogP contribution in [0.2, 0.25) is 0 Å². The summed E-state index contributed by atoms with van der Waals surface area (Å²) in [6.07, 6.45) is -1.63. The van der Waals surface area contributed by atoms with Crippen molar-refractivity contribution in [1.29, 1.82) is 0 Å². The Kier molecular flexibility index (Phi) is 4.15. The van der Waals surface area contributed by atoms with Gasteiger partial charge in [0.15, 0.2) is 5.69 Å². The van der Waals surface area contributed by atoms with E-state index in [4.69, 9.17) is 5.11 Å². The summed E-state index contributed by atoms with van der Waals surface area (Å²) in [5.41, 5.74) is -0.726. The molecule has 0 amide bonds. The van der Waals surface area contributed by atoms with Gasteiger partial charge in [0.1, 0.15) is 0 Å². The Bertz CT molecular complexity index is 398. The van der Waals surface area contributed by atoms with Crippen LogP contribution in [0.3, 0.4) is 0 Å². The molecule has 0 saturated heterocycles. The largest absolute Gasteiger partial charge is 0.476 e. The number of carboxylic acid groups (broad SMARTS) is 1. The van der Waals surface area contributed by atoms with Gasteiger partial charge in [-0.2, -0.15) is 0 Å². The number of hydrogen-bond acceptors (Lipinski definition) is 2. The minimum atomic E-state index is -2.88. The summed E-state index contributed by atoms with van der Waals surface area (Å²) in [4.78, 5) is 14.1. The Balaban J connectivity index is 3.44. The van der Waals surface area contributed by atoms with Crippen LogP contribution in [0.5, 0.6) is 0 Å². The number of halogens is 4. The molecular weight excluding hydrogens is 340 g/mol. The van der Waals surface area contributed by atoms with Gasteiger partial charge in [0.25, 0.3) is 6.43 Å². The summed E-state index contributed by atoms with van der Waals surface area (Å²) in [6.45, 7) is 0. The molecule has 0 radical (unpaired) electrons. The first-order chi connectivity index (χ1) is 6.99. The molecule has 0 atom stereocenters. The molecule has 1 rings (SSSR count). The lowest BCUT2D eigenvalue weighted by Crippen LogP contribution is -2.08. The molecule has 0 fully saturated rings. The number of rotatable bonds is 3. The normalized spacial score (nSPS) is 10.7. The lowest BCUT2D eigenvalue weighted by atomic mass is 10.1. The number of nitrogens with zero attached hydrogens (tertiary/aromatic N) is 1. The third-order valence-electron chi connectivity index (χ3n) is 1.69. The summed E-state index contributed by atoms with van der Waals surface area (Å²) in [6, 6.07) is 0. The molecule has 1 N–H and O–H groups in total. The van der Waals surface area contributed by atoms with E-state index in [0.29, 0.717) is 10.9 Å². The molecule has 0 saturated carbocycles. The number of aromatic nitrogens is 1. The van der Waals surface area contributed by atoms with Gasteiger partial charge in [0, 0.05) is 16.0 Å². The molecule has 7 heteroatoms. The lowest BCUT2D eigenvalue weighted by Gasteiger charge is -2.09. The second-order valence-electron chi connectivity index (χ2n) is 2.60. The van der Waals surface area contributed by atoms with Crippen molar-refractivity contribution in [2.75, 3.05) is 0 Å². The molecule has 1 heterocycles. The van der Waals surface area contributed by atoms with Gasteiger partial charge in [-0.15, -0.1) is 0 Å². The fraction of sp³-hybridized carbons (Fsp3) is 0.250. The predicted octanol–water partition coefficient (Wildman–Crippen LogP) is 3.37. The third-order valence-corrected chi connectivity index (χ3v) is 3.23. The van der Waals surface area contributed by atoms with E-state index in [1.807, 2.05) is 0 Å². The van der Waals surface area contributed by atoms with Crippen molar-refractivity contribution in [3.8, 4) is 0 Å². The lowest BCUT2D eigenvalue weighted by molar-refractivity contribution is 0.0676. The highest BCUT2D eigenvalue weighted by Crippen LogP contribution is 2.32. The molecule has 1 aromatic heterocycles. The van der Waals surface area contributed by atoms with Crippen LogP contribution < -0.4 is 0 Å². The SMILES string of the molecule is O=C(O)c1ncc(CBr)c(Br)c1C(F)F. The average Bonchev–Trinajstić information content (AvgIpc) is 2.16. The van der Waals surface area contributed by atoms with E-state index in [2.05, 4.69) is 36.8 Å². The van der Waals surface area contributed by atoms with Gasteiger partial charge in [0.2, 0.25) is 0 Å². The predicted molar refractivity (Wildman–Crippen MR) is 56.5 cm³/mol. The van der Waals surface area contributed by atoms with Crippen molar-refractivity contribution in [2.24, 2.45) is 0 Å². The first-order valence-corrected chi connectivity index (χ1v) is 5.65. The smallest absolute Gasteiger partial charge is 0.355 e. The number of alkyl halides is 3. The van der Waals surface area contributed by atoms with E-state index in [1.54, 1.807) is 0 Å². The highest BCUT2D eigenvalue weighted by molar-refractivity contribution is 9.10. The first kappa shape index (κ1) is 12.5. The average molecular weight is 345 g/mol. The van der Waals surface area contributed by atoms with E-state index < -0.39 is 23.7 Å². The van der Waals surface area contributed by atoms with Crippen molar-refractivity contribution in [2.45, 2.75) is 11.8 Å². The summed E-state index contributed by atoms with van der Waals surface area (Å²) in [5, 5.41) is 8.99. The Morgan fingerprint density at radius 2 is 2.20 bits per heavy atom. The highest BCUT2D eigenvalue weighted by Gasteiger charge is 2.24. The Labute approximate surface area is 101 Å². The first-order valence-electron chi connectivity index (χ1n) is 3.73. The molecule has 0 unspecified atom stereocenters. The highest BCUT2D eigenvalue weighted by atomic mass is 79.9. The summed E-state index contributed by atoms with van der Waals surface area (Å²) in [5.74, 6) is -1.47. The van der Waals surface area contributed by atoms with E-state index >= 15 is 0 Å². The van der Waals surface area contributed by atoms with Crippen molar-refractivity contribution < 1.29 is 18.7 Å². The Morgan fingerprint density at radius 3 is 2.60 bits per heavy atom. The minimum Gasteiger partial charge on any atom is -0.476 e. The summed E-state index contributed by atoms with van der Waals surface area (Å²) in [7, 11) is 0. The van der Waals surface area contributed by atoms with Crippen LogP contribution in [0, 0.1) is 0 Å². The van der Waals surface area contributed by atoms with Crippen LogP contribution in [0.25, 0.3) is 0 Å². The Morgan fingerprint density at radius 1 is 1.60 bits per heavy atom. The monoisotopic (exact) mass is 343 g/mol. The van der Waals surface area contributed by atoms with Crippen LogP contribution in [0.15, 0.2) is 10.7 Å². The molecule has 0 bridgehead atoms. The number of carboxylic acids is 1. The van der Waals surface area contributed by atoms with Crippen LogP contribution in [0.1, 0.15) is 28.0 Å². The number of aromatic carboxylic acids is 1. The topological polar surface area (TPSA) is 50.2 Å². The van der Waals surface area contributed by atoms with Gasteiger partial charge in [-0.3, -0.25) is 0 Å². The van der Waals surface area contributed by atoms with Gasteiger partial charge in [-0.25, -0.2) is 18.6 Å².